The lowest BCUT2D eigenvalue weighted by Crippen LogP contribution is -2.42. The van der Waals surface area contributed by atoms with Crippen LogP contribution in [0.2, 0.25) is 0 Å². The Labute approximate surface area is 243 Å². The molecule has 4 heterocycles. The molecule has 0 bridgehead atoms. The Bertz CT molecular complexity index is 1540. The molecule has 2 aromatic heterocycles. The first-order valence-electron chi connectivity index (χ1n) is 13.4. The summed E-state index contributed by atoms with van der Waals surface area (Å²) in [6.07, 6.45) is -4.86. The van der Waals surface area contributed by atoms with E-state index in [1.54, 1.807) is 0 Å². The van der Waals surface area contributed by atoms with Gasteiger partial charge in [0.05, 0.1) is 18.7 Å². The first-order chi connectivity index (χ1) is 20.1. The smallest absolute Gasteiger partial charge is 0.392 e. The number of alkyl halides is 6. The van der Waals surface area contributed by atoms with Gasteiger partial charge in [-0.15, -0.1) is 0 Å². The van der Waals surface area contributed by atoms with E-state index in [-0.39, 0.29) is 55.8 Å². The highest BCUT2D eigenvalue weighted by Gasteiger charge is 2.46. The number of rotatable bonds is 7. The summed E-state index contributed by atoms with van der Waals surface area (Å²) >= 11 is 0. The fourth-order valence-electron chi connectivity index (χ4n) is 5.39. The van der Waals surface area contributed by atoms with Crippen LogP contribution in [0.4, 0.5) is 32.3 Å². The number of nitrogens with zero attached hydrogens (tertiary/aromatic N) is 6. The zero-order chi connectivity index (χ0) is 31.2. The van der Waals surface area contributed by atoms with E-state index in [1.807, 2.05) is 0 Å². The predicted octanol–water partition coefficient (Wildman–Crippen LogP) is 3.85. The summed E-state index contributed by atoms with van der Waals surface area (Å²) in [7, 11) is -3.35. The molecule has 2 N–H and O–H groups in total. The zero-order valence-corrected chi connectivity index (χ0v) is 23.7. The van der Waals surface area contributed by atoms with Gasteiger partial charge in [0, 0.05) is 50.3 Å². The summed E-state index contributed by atoms with van der Waals surface area (Å²) in [5, 5.41) is 12.7. The van der Waals surface area contributed by atoms with Crippen LogP contribution in [0.25, 0.3) is 17.1 Å². The molecule has 43 heavy (non-hydrogen) atoms. The molecule has 2 atom stereocenters. The number of aliphatic hydroxyl groups excluding tert-OH is 1. The topological polar surface area (TPSA) is 116 Å². The third-order valence-corrected chi connectivity index (χ3v) is 8.86. The second-order valence-corrected chi connectivity index (χ2v) is 12.7. The lowest BCUT2D eigenvalue weighted by atomic mass is 10.0. The van der Waals surface area contributed by atoms with E-state index in [9.17, 15) is 39.9 Å². The number of piperidine rings is 1. The number of sulfonamides is 1. The molecule has 1 aromatic carbocycles. The van der Waals surface area contributed by atoms with Gasteiger partial charge in [-0.05, 0) is 37.0 Å². The van der Waals surface area contributed by atoms with Crippen molar-refractivity contribution < 1.29 is 39.9 Å². The minimum absolute atomic E-state index is 0.0288. The fourth-order valence-corrected chi connectivity index (χ4v) is 6.27. The van der Waals surface area contributed by atoms with Crippen LogP contribution in [0.15, 0.2) is 43.0 Å². The predicted molar refractivity (Wildman–Crippen MR) is 144 cm³/mol. The van der Waals surface area contributed by atoms with Crippen LogP contribution in [0.1, 0.15) is 36.4 Å². The van der Waals surface area contributed by atoms with Gasteiger partial charge in [0.2, 0.25) is 16.0 Å². The van der Waals surface area contributed by atoms with E-state index >= 15 is 0 Å². The molecule has 10 nitrogen and oxygen atoms in total. The van der Waals surface area contributed by atoms with Gasteiger partial charge in [0.25, 0.3) is 0 Å². The van der Waals surface area contributed by atoms with Gasteiger partial charge in [-0.3, -0.25) is 4.90 Å². The van der Waals surface area contributed by atoms with Crippen molar-refractivity contribution in [2.75, 3.05) is 37.8 Å². The largest absolute Gasteiger partial charge is 0.420 e. The van der Waals surface area contributed by atoms with Crippen LogP contribution in [0.5, 0.6) is 0 Å². The number of likely N-dealkylation sites (tertiary alicyclic amines) is 1. The quantitative estimate of drug-likeness (QED) is 0.377. The number of anilines is 1. The highest BCUT2D eigenvalue weighted by Crippen LogP contribution is 2.40. The summed E-state index contributed by atoms with van der Waals surface area (Å²) in [5.41, 5.74) is -1.40. The number of aromatic nitrogens is 4. The molecule has 3 aromatic rings. The van der Waals surface area contributed by atoms with Gasteiger partial charge >= 0.3 is 12.4 Å². The minimum atomic E-state index is -4.80. The Balaban J connectivity index is 1.37. The highest BCUT2D eigenvalue weighted by atomic mass is 32.2. The molecule has 0 aliphatic carbocycles. The molecule has 0 amide bonds. The van der Waals surface area contributed by atoms with Gasteiger partial charge in [-0.2, -0.15) is 26.3 Å². The third kappa shape index (κ3) is 7.11. The average molecular weight is 634 g/mol. The molecular weight excluding hydrogens is 604 g/mol. The molecule has 2 saturated heterocycles. The van der Waals surface area contributed by atoms with E-state index in [0.717, 1.165) is 6.26 Å². The monoisotopic (exact) mass is 633 g/mol. The van der Waals surface area contributed by atoms with Crippen molar-refractivity contribution in [2.45, 2.75) is 49.8 Å². The molecule has 17 heteroatoms. The normalized spacial score (nSPS) is 20.4. The van der Waals surface area contributed by atoms with E-state index in [0.29, 0.717) is 24.7 Å². The van der Waals surface area contributed by atoms with Crippen molar-refractivity contribution in [3.05, 3.63) is 54.1 Å². The molecule has 5 rings (SSSR count). The standard InChI is InChI=1S/C26H29F6N7O3S/c1-43(41,42)39-10-6-17(7-11-39)35-24-33-12-20(25(27,28)29)22(36-24)21-14-38(15-34-21)18-4-2-16(3-5-18)23(26(30,31)32)37-9-8-19(40)13-37/h2-5,12,14-15,17,19,23,40H,6-11,13H2,1H3,(H,33,35,36). The Hall–Kier alpha value is -3.28. The number of benzene rings is 1. The van der Waals surface area contributed by atoms with Crippen molar-refractivity contribution in [2.24, 2.45) is 0 Å². The molecule has 2 aliphatic rings. The number of halogens is 6. The van der Waals surface area contributed by atoms with Gasteiger partial charge in [-0.1, -0.05) is 12.1 Å². The van der Waals surface area contributed by atoms with Gasteiger partial charge in [0.15, 0.2) is 0 Å². The number of aliphatic hydroxyl groups is 1. The third-order valence-electron chi connectivity index (χ3n) is 7.55. The Morgan fingerprint density at radius 2 is 1.67 bits per heavy atom. The Kier molecular flexibility index (Phi) is 8.45. The molecule has 234 valence electrons. The number of nitrogens with one attached hydrogen (secondary N) is 1. The maximum Gasteiger partial charge on any atom is 0.420 e. The van der Waals surface area contributed by atoms with Crippen LogP contribution in [0.3, 0.4) is 0 Å². The lowest BCUT2D eigenvalue weighted by Gasteiger charge is -2.30. The second kappa shape index (κ2) is 11.7. The first kappa shape index (κ1) is 31.2. The number of imidazole rings is 1. The Morgan fingerprint density at radius 3 is 2.23 bits per heavy atom. The maximum atomic E-state index is 13.9. The van der Waals surface area contributed by atoms with Crippen molar-refractivity contribution in [1.82, 2.24) is 28.7 Å². The number of hydrogen-bond acceptors (Lipinski definition) is 8. The molecule has 0 spiro atoms. The molecule has 0 radical (unpaired) electrons. The maximum absolute atomic E-state index is 13.9. The van der Waals surface area contributed by atoms with Crippen molar-refractivity contribution >= 4 is 16.0 Å². The number of β-amino-alcohol motifs (C(OH)–C–C–N with tert-alkyl or cyclic N) is 1. The minimum Gasteiger partial charge on any atom is -0.392 e. The number of hydrogen-bond donors (Lipinski definition) is 2. The highest BCUT2D eigenvalue weighted by molar-refractivity contribution is 7.88. The SMILES string of the molecule is CS(=O)(=O)N1CCC(Nc2ncc(C(F)(F)F)c(-c3cn(-c4ccc(C(N5CCC(O)C5)C(F)(F)F)cc4)cn3)n2)CC1. The molecule has 0 saturated carbocycles. The molecule has 2 fully saturated rings. The summed E-state index contributed by atoms with van der Waals surface area (Å²) in [4.78, 5) is 13.2. The van der Waals surface area contributed by atoms with E-state index in [2.05, 4.69) is 20.3 Å². The summed E-state index contributed by atoms with van der Waals surface area (Å²) in [6, 6.07) is 3.24. The summed E-state index contributed by atoms with van der Waals surface area (Å²) < 4.78 is 110. The lowest BCUT2D eigenvalue weighted by molar-refractivity contribution is -0.184. The van der Waals surface area contributed by atoms with Crippen molar-refractivity contribution in [3.8, 4) is 17.1 Å². The van der Waals surface area contributed by atoms with Gasteiger partial charge in [0.1, 0.15) is 23.0 Å². The van der Waals surface area contributed by atoms with Crippen LogP contribution in [-0.4, -0.2) is 93.0 Å². The van der Waals surface area contributed by atoms with E-state index < -0.39 is 45.8 Å². The van der Waals surface area contributed by atoms with Crippen LogP contribution in [0, 0.1) is 0 Å². The first-order valence-corrected chi connectivity index (χ1v) is 15.2. The Morgan fingerprint density at radius 1 is 1.00 bits per heavy atom. The van der Waals surface area contributed by atoms with Crippen molar-refractivity contribution in [1.29, 1.82) is 0 Å². The van der Waals surface area contributed by atoms with E-state index in [1.165, 1.54) is 50.6 Å². The molecule has 2 unspecified atom stereocenters. The van der Waals surface area contributed by atoms with E-state index in [4.69, 9.17) is 0 Å². The second-order valence-electron chi connectivity index (χ2n) is 10.7. The van der Waals surface area contributed by atoms with Crippen molar-refractivity contribution in [3.63, 3.8) is 0 Å². The van der Waals surface area contributed by atoms with Gasteiger partial charge in [-0.25, -0.2) is 27.7 Å². The van der Waals surface area contributed by atoms with Gasteiger partial charge < -0.3 is 15.0 Å². The molecular formula is C26H29F6N7O3S. The summed E-state index contributed by atoms with van der Waals surface area (Å²) in [5.74, 6) is -0.0788. The zero-order valence-electron chi connectivity index (χ0n) is 22.8. The van der Waals surface area contributed by atoms with Crippen LogP contribution < -0.4 is 5.32 Å². The molecule has 2 aliphatic heterocycles. The average Bonchev–Trinajstić information content (AvgIpc) is 3.57. The van der Waals surface area contributed by atoms with Crippen LogP contribution in [-0.2, 0) is 16.2 Å². The summed E-state index contributed by atoms with van der Waals surface area (Å²) in [6.45, 7) is 0.483. The van der Waals surface area contributed by atoms with Crippen LogP contribution >= 0.6 is 0 Å². The fraction of sp³-hybridized carbons (Fsp3) is 0.500.